The molecule has 0 amide bonds. The highest BCUT2D eigenvalue weighted by Gasteiger charge is 1.95. The predicted molar refractivity (Wildman–Crippen MR) is 62.3 cm³/mol. The van der Waals surface area contributed by atoms with Crippen LogP contribution in [0.5, 0.6) is 5.75 Å². The number of nitrogens with two attached hydrogens (primary N) is 1. The van der Waals surface area contributed by atoms with Gasteiger partial charge in [-0.15, -0.1) is 0 Å². The molecular weight excluding hydrogens is 212 g/mol. The molecule has 0 radical (unpaired) electrons. The van der Waals surface area contributed by atoms with Gasteiger partial charge in [0.05, 0.1) is 17.8 Å². The van der Waals surface area contributed by atoms with E-state index in [0.717, 1.165) is 31.6 Å². The van der Waals surface area contributed by atoms with Crippen molar-refractivity contribution in [3.8, 4) is 5.75 Å². The van der Waals surface area contributed by atoms with Gasteiger partial charge in [0, 0.05) is 12.3 Å². The Morgan fingerprint density at radius 3 is 2.73 bits per heavy atom. The molecule has 1 heterocycles. The van der Waals surface area contributed by atoms with Gasteiger partial charge >= 0.3 is 0 Å². The van der Waals surface area contributed by atoms with Gasteiger partial charge in [0.15, 0.2) is 0 Å². The van der Waals surface area contributed by atoms with E-state index in [1.165, 1.54) is 6.42 Å². The largest absolute Gasteiger partial charge is 0.492 e. The van der Waals surface area contributed by atoms with Crippen molar-refractivity contribution in [1.29, 1.82) is 0 Å². The maximum Gasteiger partial charge on any atom is 0.139 e. The van der Waals surface area contributed by atoms with Crippen molar-refractivity contribution in [2.45, 2.75) is 25.7 Å². The molecule has 0 saturated heterocycles. The number of pyridine rings is 1. The quantitative estimate of drug-likeness (QED) is 0.730. The molecule has 0 aromatic carbocycles. The van der Waals surface area contributed by atoms with Gasteiger partial charge < -0.3 is 10.5 Å². The summed E-state index contributed by atoms with van der Waals surface area (Å²) in [5, 5.41) is 0.607. The third-order valence-electron chi connectivity index (χ3n) is 2.05. The maximum atomic E-state index is 5.77. The molecule has 0 atom stereocenters. The lowest BCUT2D eigenvalue weighted by atomic mass is 10.2. The first-order valence-corrected chi connectivity index (χ1v) is 5.64. The van der Waals surface area contributed by atoms with Crippen LogP contribution in [0.3, 0.4) is 0 Å². The first-order chi connectivity index (χ1) is 7.33. The molecule has 0 aliphatic heterocycles. The van der Waals surface area contributed by atoms with E-state index < -0.39 is 0 Å². The van der Waals surface area contributed by atoms with Crippen LogP contribution in [0.25, 0.3) is 0 Å². The number of hydrogen-bond donors (Lipinski definition) is 1. The molecule has 84 valence electrons. The Hall–Kier alpha value is -0.800. The lowest BCUT2D eigenvalue weighted by Gasteiger charge is -2.05. The van der Waals surface area contributed by atoms with Crippen molar-refractivity contribution in [3.05, 3.63) is 23.5 Å². The number of rotatable bonds is 7. The summed E-state index contributed by atoms with van der Waals surface area (Å²) in [5.41, 5.74) is 5.40. The maximum absolute atomic E-state index is 5.77. The zero-order valence-corrected chi connectivity index (χ0v) is 9.54. The average molecular weight is 229 g/mol. The predicted octanol–water partition coefficient (Wildman–Crippen LogP) is 2.63. The van der Waals surface area contributed by atoms with E-state index in [2.05, 4.69) is 4.98 Å². The van der Waals surface area contributed by atoms with Gasteiger partial charge in [-0.05, 0) is 19.4 Å². The summed E-state index contributed by atoms with van der Waals surface area (Å²) in [7, 11) is 0. The van der Waals surface area contributed by atoms with Crippen molar-refractivity contribution < 1.29 is 4.74 Å². The monoisotopic (exact) mass is 228 g/mol. The summed E-state index contributed by atoms with van der Waals surface area (Å²) < 4.78 is 5.49. The van der Waals surface area contributed by atoms with Gasteiger partial charge in [-0.25, -0.2) is 0 Å². The molecule has 0 bridgehead atoms. The molecule has 1 aromatic rings. The van der Waals surface area contributed by atoms with Gasteiger partial charge in [0.2, 0.25) is 0 Å². The number of ether oxygens (including phenoxy) is 1. The Bertz CT molecular complexity index is 281. The lowest BCUT2D eigenvalue weighted by Crippen LogP contribution is -2.00. The Kier molecular flexibility index (Phi) is 6.12. The van der Waals surface area contributed by atoms with E-state index in [9.17, 15) is 0 Å². The van der Waals surface area contributed by atoms with E-state index >= 15 is 0 Å². The van der Waals surface area contributed by atoms with E-state index in [0.29, 0.717) is 11.6 Å². The van der Waals surface area contributed by atoms with Crippen LogP contribution in [0.1, 0.15) is 25.7 Å². The van der Waals surface area contributed by atoms with Gasteiger partial charge in [0.25, 0.3) is 0 Å². The topological polar surface area (TPSA) is 48.1 Å². The summed E-state index contributed by atoms with van der Waals surface area (Å²) in [5.74, 6) is 0.737. The van der Waals surface area contributed by atoms with Gasteiger partial charge in [0.1, 0.15) is 5.75 Å². The summed E-state index contributed by atoms with van der Waals surface area (Å²) in [4.78, 5) is 3.94. The second-order valence-electron chi connectivity index (χ2n) is 3.39. The Balaban J connectivity index is 2.10. The Morgan fingerprint density at radius 1 is 1.20 bits per heavy atom. The first kappa shape index (κ1) is 12.3. The molecule has 0 spiro atoms. The molecule has 0 fully saturated rings. The smallest absolute Gasteiger partial charge is 0.139 e. The highest BCUT2D eigenvalue weighted by Crippen LogP contribution is 2.15. The van der Waals surface area contributed by atoms with Crippen molar-refractivity contribution in [3.63, 3.8) is 0 Å². The number of unbranched alkanes of at least 4 members (excludes halogenated alkanes) is 3. The molecule has 0 aliphatic rings. The Labute approximate surface area is 95.6 Å². The number of nitrogens with zero attached hydrogens (tertiary/aromatic N) is 1. The summed E-state index contributed by atoms with van der Waals surface area (Å²) in [6, 6.07) is 1.77. The minimum Gasteiger partial charge on any atom is -0.492 e. The minimum absolute atomic E-state index is 0.607. The molecule has 2 N–H and O–H groups in total. The SMILES string of the molecule is NCCCCCCOc1cncc(Cl)c1. The van der Waals surface area contributed by atoms with Gasteiger partial charge in [-0.3, -0.25) is 4.98 Å². The normalized spacial score (nSPS) is 10.3. The molecule has 15 heavy (non-hydrogen) atoms. The fraction of sp³-hybridized carbons (Fsp3) is 0.545. The lowest BCUT2D eigenvalue weighted by molar-refractivity contribution is 0.303. The fourth-order valence-electron chi connectivity index (χ4n) is 1.26. The second kappa shape index (κ2) is 7.49. The third kappa shape index (κ3) is 5.60. The van der Waals surface area contributed by atoms with Gasteiger partial charge in [-0.1, -0.05) is 24.4 Å². The van der Waals surface area contributed by atoms with Crippen LogP contribution in [0.15, 0.2) is 18.5 Å². The van der Waals surface area contributed by atoms with Crippen LogP contribution in [0, 0.1) is 0 Å². The van der Waals surface area contributed by atoms with Crippen LogP contribution in [-0.2, 0) is 0 Å². The molecule has 1 aromatic heterocycles. The van der Waals surface area contributed by atoms with Crippen LogP contribution in [0.2, 0.25) is 5.02 Å². The van der Waals surface area contributed by atoms with Crippen molar-refractivity contribution >= 4 is 11.6 Å². The molecule has 4 heteroatoms. The Morgan fingerprint density at radius 2 is 2.00 bits per heavy atom. The fourth-order valence-corrected chi connectivity index (χ4v) is 1.43. The molecule has 0 aliphatic carbocycles. The van der Waals surface area contributed by atoms with Crippen LogP contribution in [0.4, 0.5) is 0 Å². The van der Waals surface area contributed by atoms with Crippen molar-refractivity contribution in [2.24, 2.45) is 5.73 Å². The van der Waals surface area contributed by atoms with Crippen molar-refractivity contribution in [2.75, 3.05) is 13.2 Å². The highest BCUT2D eigenvalue weighted by atomic mass is 35.5. The van der Waals surface area contributed by atoms with E-state index in [4.69, 9.17) is 22.1 Å². The first-order valence-electron chi connectivity index (χ1n) is 5.26. The van der Waals surface area contributed by atoms with Crippen molar-refractivity contribution in [1.82, 2.24) is 4.98 Å². The molecular formula is C11H17ClN2O. The van der Waals surface area contributed by atoms with Crippen LogP contribution < -0.4 is 10.5 Å². The molecule has 3 nitrogen and oxygen atoms in total. The number of halogens is 1. The van der Waals surface area contributed by atoms with E-state index in [1.807, 2.05) is 0 Å². The minimum atomic E-state index is 0.607. The highest BCUT2D eigenvalue weighted by molar-refractivity contribution is 6.30. The standard InChI is InChI=1S/C11H17ClN2O/c12-10-7-11(9-14-8-10)15-6-4-2-1-3-5-13/h7-9H,1-6,13H2. The van der Waals surface area contributed by atoms with Crippen LogP contribution in [-0.4, -0.2) is 18.1 Å². The van der Waals surface area contributed by atoms with Crippen LogP contribution >= 0.6 is 11.6 Å². The number of aromatic nitrogens is 1. The average Bonchev–Trinajstić information content (AvgIpc) is 2.23. The summed E-state index contributed by atoms with van der Waals surface area (Å²) in [6.07, 6.45) is 7.74. The zero-order valence-electron chi connectivity index (χ0n) is 8.79. The zero-order chi connectivity index (χ0) is 10.9. The molecule has 0 saturated carbocycles. The second-order valence-corrected chi connectivity index (χ2v) is 3.83. The molecule has 0 unspecified atom stereocenters. The van der Waals surface area contributed by atoms with E-state index in [1.54, 1.807) is 18.5 Å². The summed E-state index contributed by atoms with van der Waals surface area (Å²) in [6.45, 7) is 1.49. The van der Waals surface area contributed by atoms with E-state index in [-0.39, 0.29) is 0 Å². The molecule has 1 rings (SSSR count). The van der Waals surface area contributed by atoms with Gasteiger partial charge in [-0.2, -0.15) is 0 Å². The third-order valence-corrected chi connectivity index (χ3v) is 2.25. The summed E-state index contributed by atoms with van der Waals surface area (Å²) >= 11 is 5.77. The number of hydrogen-bond acceptors (Lipinski definition) is 3.